The van der Waals surface area contributed by atoms with Crippen molar-refractivity contribution in [2.75, 3.05) is 6.54 Å². The fourth-order valence-corrected chi connectivity index (χ4v) is 4.16. The van der Waals surface area contributed by atoms with Crippen LogP contribution in [0, 0.1) is 0 Å². The molecule has 0 atom stereocenters. The average molecular weight is 368 g/mol. The third-order valence-electron chi connectivity index (χ3n) is 4.51. The molecule has 0 saturated heterocycles. The van der Waals surface area contributed by atoms with E-state index in [9.17, 15) is 4.79 Å². The first kappa shape index (κ1) is 17.0. The molecule has 2 N–H and O–H groups in total. The summed E-state index contributed by atoms with van der Waals surface area (Å²) >= 11 is 1.78. The Kier molecular flexibility index (Phi) is 5.10. The third kappa shape index (κ3) is 4.01. The summed E-state index contributed by atoms with van der Waals surface area (Å²) in [6.45, 7) is 0.526. The Morgan fingerprint density at radius 1 is 1.15 bits per heavy atom. The number of H-pyrrole nitrogens is 1. The zero-order chi connectivity index (χ0) is 17.8. The summed E-state index contributed by atoms with van der Waals surface area (Å²) < 4.78 is 0. The van der Waals surface area contributed by atoms with Crippen LogP contribution in [0.4, 0.5) is 0 Å². The van der Waals surface area contributed by atoms with Crippen molar-refractivity contribution in [3.8, 4) is 0 Å². The number of nitrogens with zero attached hydrogens (tertiary/aromatic N) is 4. The van der Waals surface area contributed by atoms with E-state index in [0.29, 0.717) is 23.8 Å². The molecule has 7 nitrogen and oxygen atoms in total. The van der Waals surface area contributed by atoms with E-state index < -0.39 is 0 Å². The van der Waals surface area contributed by atoms with Gasteiger partial charge in [0.05, 0.1) is 17.3 Å². The van der Waals surface area contributed by atoms with Crippen molar-refractivity contribution >= 4 is 28.7 Å². The van der Waals surface area contributed by atoms with Crippen molar-refractivity contribution in [3.05, 3.63) is 42.0 Å². The van der Waals surface area contributed by atoms with Crippen LogP contribution in [0.25, 0.3) is 11.0 Å². The monoisotopic (exact) mass is 368 g/mol. The highest BCUT2D eigenvalue weighted by molar-refractivity contribution is 7.99. The van der Waals surface area contributed by atoms with Gasteiger partial charge in [-0.3, -0.25) is 14.9 Å². The lowest BCUT2D eigenvalue weighted by Gasteiger charge is -2.08. The van der Waals surface area contributed by atoms with Gasteiger partial charge in [0.15, 0.2) is 5.16 Å². The summed E-state index contributed by atoms with van der Waals surface area (Å²) in [6, 6.07) is 1.75. The van der Waals surface area contributed by atoms with E-state index in [-0.39, 0.29) is 5.91 Å². The van der Waals surface area contributed by atoms with Gasteiger partial charge < -0.3 is 5.32 Å². The zero-order valence-electron chi connectivity index (χ0n) is 14.3. The molecule has 0 unspecified atom stereocenters. The number of hydrogen-bond donors (Lipinski definition) is 2. The first-order valence-corrected chi connectivity index (χ1v) is 9.71. The molecule has 1 fully saturated rings. The maximum absolute atomic E-state index is 12.2. The highest BCUT2D eigenvalue weighted by atomic mass is 32.2. The number of amides is 1. The third-order valence-corrected chi connectivity index (χ3v) is 5.73. The van der Waals surface area contributed by atoms with E-state index in [1.165, 1.54) is 25.7 Å². The van der Waals surface area contributed by atoms with Gasteiger partial charge in [0.2, 0.25) is 0 Å². The molecular formula is C18H20N6OS. The number of carbonyl (C=O) groups is 1. The summed E-state index contributed by atoms with van der Waals surface area (Å²) in [5.41, 5.74) is 3.03. The molecule has 0 aromatic carbocycles. The van der Waals surface area contributed by atoms with E-state index in [2.05, 4.69) is 30.5 Å². The molecule has 3 heterocycles. The van der Waals surface area contributed by atoms with Crippen LogP contribution in [0.5, 0.6) is 0 Å². The van der Waals surface area contributed by atoms with E-state index >= 15 is 0 Å². The van der Waals surface area contributed by atoms with Gasteiger partial charge >= 0.3 is 0 Å². The molecule has 134 valence electrons. The molecule has 1 amide bonds. The molecule has 1 saturated carbocycles. The fourth-order valence-electron chi connectivity index (χ4n) is 3.07. The number of aromatic amines is 1. The molecule has 4 rings (SSSR count). The van der Waals surface area contributed by atoms with Gasteiger partial charge in [-0.05, 0) is 30.9 Å². The Morgan fingerprint density at radius 3 is 2.77 bits per heavy atom. The average Bonchev–Trinajstić information content (AvgIpc) is 3.34. The molecule has 1 aliphatic carbocycles. The van der Waals surface area contributed by atoms with Crippen LogP contribution in [0.1, 0.15) is 41.6 Å². The second-order valence-electron chi connectivity index (χ2n) is 6.43. The number of thioether (sulfide) groups is 1. The van der Waals surface area contributed by atoms with Crippen molar-refractivity contribution in [1.82, 2.24) is 30.5 Å². The minimum atomic E-state index is -0.150. The number of pyridine rings is 1. The van der Waals surface area contributed by atoms with Gasteiger partial charge in [-0.25, -0.2) is 9.97 Å². The molecule has 0 radical (unpaired) electrons. The smallest absolute Gasteiger partial charge is 0.252 e. The van der Waals surface area contributed by atoms with Crippen molar-refractivity contribution in [1.29, 1.82) is 0 Å². The lowest BCUT2D eigenvalue weighted by Crippen LogP contribution is -2.25. The number of hydrogen-bond acceptors (Lipinski definition) is 6. The first-order chi connectivity index (χ1) is 12.8. The number of rotatable bonds is 6. The van der Waals surface area contributed by atoms with Crippen LogP contribution in [0.3, 0.4) is 0 Å². The molecular weight excluding hydrogens is 348 g/mol. The number of aromatic nitrogens is 5. The van der Waals surface area contributed by atoms with Crippen molar-refractivity contribution in [2.24, 2.45) is 0 Å². The summed E-state index contributed by atoms with van der Waals surface area (Å²) in [6.07, 6.45) is 12.8. The van der Waals surface area contributed by atoms with Crippen molar-refractivity contribution in [2.45, 2.75) is 42.5 Å². The maximum atomic E-state index is 12.2. The lowest BCUT2D eigenvalue weighted by atomic mass is 10.2. The Balaban J connectivity index is 1.27. The number of nitrogens with one attached hydrogen (secondary N) is 2. The minimum absolute atomic E-state index is 0.150. The Morgan fingerprint density at radius 2 is 1.96 bits per heavy atom. The zero-order valence-corrected chi connectivity index (χ0v) is 15.1. The fraction of sp³-hybridized carbons (Fsp3) is 0.389. The van der Waals surface area contributed by atoms with Crippen LogP contribution < -0.4 is 5.32 Å². The second kappa shape index (κ2) is 7.82. The van der Waals surface area contributed by atoms with Crippen LogP contribution in [-0.4, -0.2) is 42.9 Å². The van der Waals surface area contributed by atoms with Crippen LogP contribution in [0.15, 0.2) is 36.0 Å². The van der Waals surface area contributed by atoms with Crippen molar-refractivity contribution < 1.29 is 4.79 Å². The molecule has 26 heavy (non-hydrogen) atoms. The van der Waals surface area contributed by atoms with E-state index in [1.54, 1.807) is 30.2 Å². The van der Waals surface area contributed by atoms with Crippen molar-refractivity contribution in [3.63, 3.8) is 0 Å². The van der Waals surface area contributed by atoms with Crippen LogP contribution in [-0.2, 0) is 6.42 Å². The lowest BCUT2D eigenvalue weighted by molar-refractivity contribution is 0.0954. The number of fused-ring (bicyclic) bond motifs is 1. The van der Waals surface area contributed by atoms with Gasteiger partial charge in [0, 0.05) is 30.4 Å². The molecule has 8 heteroatoms. The van der Waals surface area contributed by atoms with E-state index in [1.807, 2.05) is 12.4 Å². The minimum Gasteiger partial charge on any atom is -0.352 e. The summed E-state index contributed by atoms with van der Waals surface area (Å²) in [5.74, 6) is -0.150. The summed E-state index contributed by atoms with van der Waals surface area (Å²) in [5, 5.41) is 11.1. The highest BCUT2D eigenvalue weighted by Crippen LogP contribution is 2.32. The first-order valence-electron chi connectivity index (χ1n) is 8.83. The van der Waals surface area contributed by atoms with Crippen LogP contribution >= 0.6 is 11.8 Å². The Hall–Kier alpha value is -2.48. The molecule has 3 aromatic rings. The second-order valence-corrected chi connectivity index (χ2v) is 7.70. The van der Waals surface area contributed by atoms with Gasteiger partial charge in [-0.15, -0.1) is 0 Å². The normalized spacial score (nSPS) is 14.8. The van der Waals surface area contributed by atoms with Gasteiger partial charge in [-0.2, -0.15) is 5.10 Å². The maximum Gasteiger partial charge on any atom is 0.252 e. The Bertz CT molecular complexity index is 888. The number of carbonyl (C=O) groups excluding carboxylic acids is 1. The topological polar surface area (TPSA) is 96.5 Å². The predicted octanol–water partition coefficient (Wildman–Crippen LogP) is 2.76. The van der Waals surface area contributed by atoms with Crippen LogP contribution in [0.2, 0.25) is 0 Å². The molecule has 1 aliphatic rings. The molecule has 0 aliphatic heterocycles. The Labute approximate surface area is 155 Å². The molecule has 0 spiro atoms. The van der Waals surface area contributed by atoms with E-state index in [0.717, 1.165) is 21.8 Å². The quantitative estimate of drug-likeness (QED) is 0.650. The molecule has 3 aromatic heterocycles. The summed E-state index contributed by atoms with van der Waals surface area (Å²) in [7, 11) is 0. The molecule has 0 bridgehead atoms. The highest BCUT2D eigenvalue weighted by Gasteiger charge is 2.17. The van der Waals surface area contributed by atoms with Gasteiger partial charge in [-0.1, -0.05) is 24.6 Å². The standard InChI is InChI=1S/C18H20N6OS/c25-17(13-7-15-16(20-10-13)11-23-24-15)19-6-5-12-8-21-18(22-9-12)26-14-3-1-2-4-14/h7-11,14H,1-6H2,(H,19,25)(H,23,24). The summed E-state index contributed by atoms with van der Waals surface area (Å²) in [4.78, 5) is 25.3. The largest absolute Gasteiger partial charge is 0.352 e. The van der Waals surface area contributed by atoms with Gasteiger partial charge in [0.1, 0.15) is 5.52 Å². The van der Waals surface area contributed by atoms with Gasteiger partial charge in [0.25, 0.3) is 5.91 Å². The SMILES string of the molecule is O=C(NCCc1cnc(SC2CCCC2)nc1)c1cnc2cn[nH]c2c1. The predicted molar refractivity (Wildman–Crippen MR) is 100 cm³/mol. The van der Waals surface area contributed by atoms with E-state index in [4.69, 9.17) is 0 Å².